The number of nitrogens with zero attached hydrogens (tertiary/aromatic N) is 4. The molecule has 2 aromatic heterocycles. The van der Waals surface area contributed by atoms with E-state index in [1.165, 1.54) is 6.92 Å². The molecule has 0 bridgehead atoms. The van der Waals surface area contributed by atoms with Gasteiger partial charge in [-0.25, -0.2) is 13.8 Å². The van der Waals surface area contributed by atoms with Crippen molar-refractivity contribution in [1.29, 1.82) is 0 Å². The topological polar surface area (TPSA) is 173 Å². The number of aliphatic hydroxyl groups excluding tert-OH is 1. The van der Waals surface area contributed by atoms with E-state index < -0.39 is 50.7 Å². The number of hydrogen-bond donors (Lipinski definition) is 3. The van der Waals surface area contributed by atoms with Crippen LogP contribution in [0.3, 0.4) is 0 Å². The van der Waals surface area contributed by atoms with Crippen LogP contribution < -0.4 is 15.6 Å². The van der Waals surface area contributed by atoms with Gasteiger partial charge in [-0.1, -0.05) is 5.09 Å². The van der Waals surface area contributed by atoms with E-state index in [4.69, 9.17) is 24.5 Å². The van der Waals surface area contributed by atoms with E-state index >= 15 is 8.78 Å². The van der Waals surface area contributed by atoms with Crippen molar-refractivity contribution in [2.45, 2.75) is 82.5 Å². The molecule has 37 heavy (non-hydrogen) atoms. The molecule has 2 aliphatic rings. The summed E-state index contributed by atoms with van der Waals surface area (Å²) in [5.74, 6) is -3.88. The van der Waals surface area contributed by atoms with E-state index in [2.05, 4.69) is 20.0 Å². The fourth-order valence-electron chi connectivity index (χ4n) is 4.35. The minimum atomic E-state index is -3.10. The molecule has 4 rings (SSSR count). The lowest BCUT2D eigenvalue weighted by atomic mass is 9.97. The molecular weight excluding hydrogens is 517 g/mol. The highest BCUT2D eigenvalue weighted by atomic mass is 31.1. The SMILES string of the molecule is CCOc1nc(N)nc2c1ncn2[C@@H]1O[C@](F)(CO[P+](=O)N[C@@H](C)C(=O)OC2CCCC2)C(O)[C@@]1(C)F. The maximum atomic E-state index is 15.7. The Balaban J connectivity index is 1.44. The summed E-state index contributed by atoms with van der Waals surface area (Å²) in [4.78, 5) is 24.2. The Morgan fingerprint density at radius 3 is 2.78 bits per heavy atom. The van der Waals surface area contributed by atoms with Gasteiger partial charge in [-0.3, -0.25) is 9.36 Å². The molecule has 1 aliphatic carbocycles. The highest BCUT2D eigenvalue weighted by Crippen LogP contribution is 2.49. The Kier molecular flexibility index (Phi) is 7.91. The zero-order chi connectivity index (χ0) is 27.0. The van der Waals surface area contributed by atoms with Crippen molar-refractivity contribution < 1.29 is 42.0 Å². The summed E-state index contributed by atoms with van der Waals surface area (Å²) in [6.45, 7) is 3.20. The van der Waals surface area contributed by atoms with Gasteiger partial charge in [0.15, 0.2) is 35.8 Å². The van der Waals surface area contributed by atoms with Crippen LogP contribution in [0.1, 0.15) is 52.7 Å². The molecule has 3 heterocycles. The number of nitrogen functional groups attached to an aromatic ring is 1. The number of esters is 1. The molecule has 1 aliphatic heterocycles. The van der Waals surface area contributed by atoms with Gasteiger partial charge in [0.2, 0.25) is 11.8 Å². The Morgan fingerprint density at radius 2 is 2.11 bits per heavy atom. The van der Waals surface area contributed by atoms with E-state index in [1.807, 2.05) is 0 Å². The molecule has 2 unspecified atom stereocenters. The number of ether oxygens (including phenoxy) is 3. The number of carbonyl (C=O) groups excluding carboxylic acids is 1. The van der Waals surface area contributed by atoms with Crippen molar-refractivity contribution >= 4 is 31.3 Å². The fourth-order valence-corrected chi connectivity index (χ4v) is 5.14. The van der Waals surface area contributed by atoms with Crippen molar-refractivity contribution in [2.75, 3.05) is 18.9 Å². The number of nitrogens with one attached hydrogen (secondary N) is 1. The molecule has 1 saturated heterocycles. The van der Waals surface area contributed by atoms with Crippen molar-refractivity contribution in [3.63, 3.8) is 0 Å². The van der Waals surface area contributed by atoms with Crippen LogP contribution in [0.15, 0.2) is 6.33 Å². The third-order valence-electron chi connectivity index (χ3n) is 6.29. The summed E-state index contributed by atoms with van der Waals surface area (Å²) < 4.78 is 65.7. The Hall–Kier alpha value is -2.58. The Bertz CT molecular complexity index is 1160. The van der Waals surface area contributed by atoms with Gasteiger partial charge in [0, 0.05) is 0 Å². The predicted molar refractivity (Wildman–Crippen MR) is 125 cm³/mol. The second-order valence-electron chi connectivity index (χ2n) is 9.18. The average Bonchev–Trinajstić information content (AvgIpc) is 3.54. The number of aliphatic hydroxyl groups is 1. The number of imidazole rings is 1. The molecule has 13 nitrogen and oxygen atoms in total. The van der Waals surface area contributed by atoms with Gasteiger partial charge >= 0.3 is 14.1 Å². The van der Waals surface area contributed by atoms with Crippen LogP contribution in [0.2, 0.25) is 0 Å². The largest absolute Gasteiger partial charge is 0.614 e. The second-order valence-corrected chi connectivity index (χ2v) is 10.2. The molecule has 16 heteroatoms. The molecule has 6 atom stereocenters. The third-order valence-corrected chi connectivity index (χ3v) is 7.25. The van der Waals surface area contributed by atoms with Crippen molar-refractivity contribution in [3.8, 4) is 5.88 Å². The van der Waals surface area contributed by atoms with E-state index in [1.54, 1.807) is 6.92 Å². The first kappa shape index (κ1) is 27.5. The number of fused-ring (bicyclic) bond motifs is 1. The minimum Gasteiger partial charge on any atom is -0.476 e. The lowest BCUT2D eigenvalue weighted by Crippen LogP contribution is -2.46. The number of anilines is 1. The molecule has 0 radical (unpaired) electrons. The van der Waals surface area contributed by atoms with E-state index in [0.717, 1.165) is 43.5 Å². The van der Waals surface area contributed by atoms with Crippen molar-refractivity contribution in [1.82, 2.24) is 24.6 Å². The molecule has 204 valence electrons. The average molecular weight is 547 g/mol. The number of nitrogens with two attached hydrogens (primary N) is 1. The van der Waals surface area contributed by atoms with Crippen LogP contribution >= 0.6 is 8.18 Å². The lowest BCUT2D eigenvalue weighted by Gasteiger charge is -2.24. The van der Waals surface area contributed by atoms with Crippen molar-refractivity contribution in [2.24, 2.45) is 0 Å². The molecule has 2 aromatic rings. The fraction of sp³-hybridized carbons (Fsp3) is 0.714. The van der Waals surface area contributed by atoms with Gasteiger partial charge in [-0.2, -0.15) is 9.97 Å². The van der Waals surface area contributed by atoms with E-state index in [-0.39, 0.29) is 35.7 Å². The van der Waals surface area contributed by atoms with Gasteiger partial charge in [0.05, 0.1) is 12.9 Å². The molecule has 0 aromatic carbocycles. The van der Waals surface area contributed by atoms with Gasteiger partial charge in [-0.05, 0) is 51.0 Å². The molecule has 1 saturated carbocycles. The van der Waals surface area contributed by atoms with Crippen LogP contribution in [0.5, 0.6) is 5.88 Å². The zero-order valence-corrected chi connectivity index (χ0v) is 21.5. The standard InChI is InChI=1S/C21H30F2N6O7P/c1-4-33-15-13-14(26-19(24)27-15)29(10-25-13)18-20(3,22)17(31)21(23,36-18)9-34-37(32)28-11(2)16(30)35-12-7-5-6-8-12/h10-12,17-18,31H,4-9H2,1-3H3,(H,28,32)(H2,24,26,27)/q+1/t11-,17?,18+,20+,21+/m0/s1. The summed E-state index contributed by atoms with van der Waals surface area (Å²) >= 11 is 0. The van der Waals surface area contributed by atoms with Crippen LogP contribution in [0.4, 0.5) is 14.7 Å². The van der Waals surface area contributed by atoms with E-state index in [0.29, 0.717) is 0 Å². The minimum absolute atomic E-state index is 0.00969. The highest BCUT2D eigenvalue weighted by molar-refractivity contribution is 7.36. The maximum absolute atomic E-state index is 15.7. The highest BCUT2D eigenvalue weighted by Gasteiger charge is 2.65. The normalized spacial score (nSPS) is 29.5. The van der Waals surface area contributed by atoms with Crippen molar-refractivity contribution in [3.05, 3.63) is 6.33 Å². The molecule has 0 amide bonds. The number of halogens is 2. The number of carbonyl (C=O) groups is 1. The molecule has 0 spiro atoms. The number of hydrogen-bond acceptors (Lipinski definition) is 11. The molecule has 2 fully saturated rings. The Morgan fingerprint density at radius 1 is 1.41 bits per heavy atom. The van der Waals surface area contributed by atoms with Gasteiger partial charge in [0.25, 0.3) is 5.85 Å². The van der Waals surface area contributed by atoms with Crippen LogP contribution in [0, 0.1) is 0 Å². The summed E-state index contributed by atoms with van der Waals surface area (Å²) in [5.41, 5.74) is 3.14. The van der Waals surface area contributed by atoms with Gasteiger partial charge in [-0.15, -0.1) is 4.52 Å². The summed E-state index contributed by atoms with van der Waals surface area (Å²) in [6, 6.07) is -1.00. The monoisotopic (exact) mass is 547 g/mol. The first-order valence-corrected chi connectivity index (χ1v) is 13.1. The molecular formula is C21H30F2N6O7P+. The predicted octanol–water partition coefficient (Wildman–Crippen LogP) is 2.23. The zero-order valence-electron chi connectivity index (χ0n) is 20.6. The van der Waals surface area contributed by atoms with Crippen LogP contribution in [-0.2, 0) is 23.4 Å². The van der Waals surface area contributed by atoms with E-state index in [9.17, 15) is 14.5 Å². The van der Waals surface area contributed by atoms with Gasteiger partial charge in [0.1, 0.15) is 12.1 Å². The third kappa shape index (κ3) is 5.50. The lowest BCUT2D eigenvalue weighted by molar-refractivity contribution is -0.201. The number of rotatable bonds is 10. The van der Waals surface area contributed by atoms with Crippen LogP contribution in [0.25, 0.3) is 11.2 Å². The number of alkyl halides is 2. The molecule has 4 N–H and O–H groups in total. The summed E-state index contributed by atoms with van der Waals surface area (Å²) in [5, 5.41) is 12.9. The summed E-state index contributed by atoms with van der Waals surface area (Å²) in [6.07, 6.45) is 0.309. The summed E-state index contributed by atoms with van der Waals surface area (Å²) in [7, 11) is -2.80. The number of aromatic nitrogens is 4. The smallest absolute Gasteiger partial charge is 0.476 e. The van der Waals surface area contributed by atoms with Crippen LogP contribution in [-0.4, -0.2) is 73.6 Å². The van der Waals surface area contributed by atoms with Gasteiger partial charge < -0.3 is 25.1 Å². The first-order valence-electron chi connectivity index (χ1n) is 11.9. The maximum Gasteiger partial charge on any atom is 0.614 e. The first-order chi connectivity index (χ1) is 17.5. The Labute approximate surface area is 211 Å². The quantitative estimate of drug-likeness (QED) is 0.293. The second kappa shape index (κ2) is 10.7.